The number of anilines is 1. The van der Waals surface area contributed by atoms with Crippen LogP contribution >= 0.6 is 11.6 Å². The molecule has 0 radical (unpaired) electrons. The van der Waals surface area contributed by atoms with Crippen molar-refractivity contribution in [3.63, 3.8) is 0 Å². The summed E-state index contributed by atoms with van der Waals surface area (Å²) in [4.78, 5) is 12.3. The van der Waals surface area contributed by atoms with Crippen LogP contribution in [0.15, 0.2) is 47.4 Å². The molecule has 10 heteroatoms. The molecule has 31 heavy (non-hydrogen) atoms. The first-order valence-electron chi connectivity index (χ1n) is 9.43. The van der Waals surface area contributed by atoms with Gasteiger partial charge in [-0.15, -0.1) is 0 Å². The summed E-state index contributed by atoms with van der Waals surface area (Å²) in [6.45, 7) is 1.15. The average molecular weight is 467 g/mol. The van der Waals surface area contributed by atoms with Crippen LogP contribution in [0.3, 0.4) is 0 Å². The molecule has 8 nitrogen and oxygen atoms in total. The SMILES string of the molecule is COc1ccc(OC)c(/C=C/C(=O)Nc2ccc(Cl)c(S(=O)(=O)N3CCOCC3)c2)c1. The van der Waals surface area contributed by atoms with Crippen LogP contribution in [0.4, 0.5) is 5.69 Å². The van der Waals surface area contributed by atoms with E-state index in [0.29, 0.717) is 36.0 Å². The monoisotopic (exact) mass is 466 g/mol. The highest BCUT2D eigenvalue weighted by atomic mass is 35.5. The maximum absolute atomic E-state index is 12.9. The van der Waals surface area contributed by atoms with E-state index in [-0.39, 0.29) is 23.0 Å². The molecule has 0 saturated carbocycles. The number of nitrogens with zero attached hydrogens (tertiary/aromatic N) is 1. The molecule has 1 aliphatic rings. The van der Waals surface area contributed by atoms with Crippen LogP contribution in [0.5, 0.6) is 11.5 Å². The number of carbonyl (C=O) groups excluding carboxylic acids is 1. The molecular weight excluding hydrogens is 444 g/mol. The minimum absolute atomic E-state index is 0.0627. The molecule has 1 N–H and O–H groups in total. The van der Waals surface area contributed by atoms with E-state index in [2.05, 4.69) is 5.32 Å². The number of rotatable bonds is 7. The van der Waals surface area contributed by atoms with Crippen LogP contribution in [-0.4, -0.2) is 59.2 Å². The Morgan fingerprint density at radius 1 is 1.13 bits per heavy atom. The van der Waals surface area contributed by atoms with Crippen LogP contribution in [0, 0.1) is 0 Å². The molecule has 166 valence electrons. The van der Waals surface area contributed by atoms with Crippen LogP contribution in [0.2, 0.25) is 5.02 Å². The summed E-state index contributed by atoms with van der Waals surface area (Å²) < 4.78 is 42.8. The second kappa shape index (κ2) is 10.1. The van der Waals surface area contributed by atoms with Crippen molar-refractivity contribution in [3.05, 3.63) is 53.1 Å². The molecule has 1 aliphatic heterocycles. The summed E-state index contributed by atoms with van der Waals surface area (Å²) in [5.41, 5.74) is 0.965. The number of nitrogens with one attached hydrogen (secondary N) is 1. The minimum Gasteiger partial charge on any atom is -0.497 e. The Morgan fingerprint density at radius 2 is 1.87 bits per heavy atom. The third kappa shape index (κ3) is 5.56. The lowest BCUT2D eigenvalue weighted by Crippen LogP contribution is -2.40. The Balaban J connectivity index is 1.78. The number of sulfonamides is 1. The highest BCUT2D eigenvalue weighted by molar-refractivity contribution is 7.89. The Hall–Kier alpha value is -2.59. The molecule has 0 aromatic heterocycles. The second-order valence-corrected chi connectivity index (χ2v) is 8.91. The first kappa shape index (κ1) is 23.1. The number of benzene rings is 2. The lowest BCUT2D eigenvalue weighted by molar-refractivity contribution is -0.111. The third-order valence-corrected chi connectivity index (χ3v) is 7.02. The zero-order valence-corrected chi connectivity index (χ0v) is 18.7. The van der Waals surface area contributed by atoms with Crippen molar-refractivity contribution in [1.29, 1.82) is 0 Å². The smallest absolute Gasteiger partial charge is 0.248 e. The second-order valence-electron chi connectivity index (χ2n) is 6.59. The normalized spacial score (nSPS) is 15.1. The lowest BCUT2D eigenvalue weighted by Gasteiger charge is -2.26. The van der Waals surface area contributed by atoms with E-state index in [4.69, 9.17) is 25.8 Å². The number of hydrogen-bond donors (Lipinski definition) is 1. The Morgan fingerprint density at radius 3 is 2.55 bits per heavy atom. The molecule has 0 unspecified atom stereocenters. The van der Waals surface area contributed by atoms with Gasteiger partial charge in [0.1, 0.15) is 16.4 Å². The zero-order valence-electron chi connectivity index (χ0n) is 17.1. The predicted molar refractivity (Wildman–Crippen MR) is 118 cm³/mol. The highest BCUT2D eigenvalue weighted by Crippen LogP contribution is 2.29. The van der Waals surface area contributed by atoms with Crippen molar-refractivity contribution in [2.24, 2.45) is 0 Å². The van der Waals surface area contributed by atoms with Gasteiger partial charge < -0.3 is 19.5 Å². The number of amides is 1. The van der Waals surface area contributed by atoms with Crippen molar-refractivity contribution in [1.82, 2.24) is 4.31 Å². The summed E-state index contributed by atoms with van der Waals surface area (Å²) in [5, 5.41) is 2.74. The van der Waals surface area contributed by atoms with Gasteiger partial charge in [-0.25, -0.2) is 8.42 Å². The van der Waals surface area contributed by atoms with Gasteiger partial charge in [0.2, 0.25) is 15.9 Å². The number of morpholine rings is 1. The van der Waals surface area contributed by atoms with Crippen LogP contribution in [0.25, 0.3) is 6.08 Å². The van der Waals surface area contributed by atoms with E-state index in [9.17, 15) is 13.2 Å². The molecule has 0 atom stereocenters. The van der Waals surface area contributed by atoms with Crippen LogP contribution in [0.1, 0.15) is 5.56 Å². The highest BCUT2D eigenvalue weighted by Gasteiger charge is 2.28. The zero-order chi connectivity index (χ0) is 22.4. The maximum Gasteiger partial charge on any atom is 0.248 e. The van der Waals surface area contributed by atoms with Gasteiger partial charge in [0.25, 0.3) is 0 Å². The van der Waals surface area contributed by atoms with E-state index in [1.807, 2.05) is 0 Å². The average Bonchev–Trinajstić information content (AvgIpc) is 2.79. The number of carbonyl (C=O) groups is 1. The minimum atomic E-state index is -3.80. The Bertz CT molecular complexity index is 1080. The number of ether oxygens (including phenoxy) is 3. The molecule has 1 amide bonds. The molecule has 1 fully saturated rings. The number of hydrogen-bond acceptors (Lipinski definition) is 6. The fourth-order valence-corrected chi connectivity index (χ4v) is 4.93. The summed E-state index contributed by atoms with van der Waals surface area (Å²) in [7, 11) is -0.723. The van der Waals surface area contributed by atoms with Crippen molar-refractivity contribution in [3.8, 4) is 11.5 Å². The predicted octanol–water partition coefficient (Wildman–Crippen LogP) is 3.03. The number of halogens is 1. The molecule has 2 aromatic rings. The first-order chi connectivity index (χ1) is 14.8. The maximum atomic E-state index is 12.9. The van der Waals surface area contributed by atoms with Crippen molar-refractivity contribution >= 4 is 39.3 Å². The van der Waals surface area contributed by atoms with Gasteiger partial charge in [-0.3, -0.25) is 4.79 Å². The molecule has 0 spiro atoms. The lowest BCUT2D eigenvalue weighted by atomic mass is 10.1. The van der Waals surface area contributed by atoms with E-state index in [1.165, 1.54) is 29.6 Å². The molecule has 3 rings (SSSR count). The largest absolute Gasteiger partial charge is 0.497 e. The molecule has 2 aromatic carbocycles. The van der Waals surface area contributed by atoms with Crippen LogP contribution < -0.4 is 14.8 Å². The van der Waals surface area contributed by atoms with Crippen molar-refractivity contribution in [2.45, 2.75) is 4.90 Å². The van der Waals surface area contributed by atoms with Crippen LogP contribution in [-0.2, 0) is 19.6 Å². The van der Waals surface area contributed by atoms with Crippen molar-refractivity contribution in [2.75, 3.05) is 45.8 Å². The Kier molecular flexibility index (Phi) is 7.55. The van der Waals surface area contributed by atoms with E-state index in [1.54, 1.807) is 37.5 Å². The van der Waals surface area contributed by atoms with Gasteiger partial charge in [0.05, 0.1) is 32.5 Å². The van der Waals surface area contributed by atoms with Gasteiger partial charge in [0.15, 0.2) is 0 Å². The van der Waals surface area contributed by atoms with Gasteiger partial charge in [-0.1, -0.05) is 11.6 Å². The first-order valence-corrected chi connectivity index (χ1v) is 11.3. The molecule has 1 heterocycles. The Labute approximate surface area is 186 Å². The van der Waals surface area contributed by atoms with Gasteiger partial charge in [0, 0.05) is 30.4 Å². The fraction of sp³-hybridized carbons (Fsp3) is 0.286. The third-order valence-electron chi connectivity index (χ3n) is 4.64. The van der Waals surface area contributed by atoms with E-state index < -0.39 is 15.9 Å². The molecule has 0 aliphatic carbocycles. The molecular formula is C21H23ClN2O6S. The molecule has 1 saturated heterocycles. The summed E-state index contributed by atoms with van der Waals surface area (Å²) >= 11 is 6.15. The quantitative estimate of drug-likeness (QED) is 0.630. The summed E-state index contributed by atoms with van der Waals surface area (Å²) in [6.07, 6.45) is 2.90. The summed E-state index contributed by atoms with van der Waals surface area (Å²) in [6, 6.07) is 9.56. The standard InChI is InChI=1S/C21H23ClN2O6S/c1-28-17-5-7-19(29-2)15(13-17)3-8-21(25)23-16-4-6-18(22)20(14-16)31(26,27)24-9-11-30-12-10-24/h3-8,13-14H,9-12H2,1-2H3,(H,23,25)/b8-3+. The number of methoxy groups -OCH3 is 2. The molecule has 0 bridgehead atoms. The van der Waals surface area contributed by atoms with E-state index in [0.717, 1.165) is 0 Å². The van der Waals surface area contributed by atoms with E-state index >= 15 is 0 Å². The van der Waals surface area contributed by atoms with Crippen molar-refractivity contribution < 1.29 is 27.4 Å². The topological polar surface area (TPSA) is 94.2 Å². The van der Waals surface area contributed by atoms with Gasteiger partial charge >= 0.3 is 0 Å². The van der Waals surface area contributed by atoms with Gasteiger partial charge in [-0.05, 0) is 42.5 Å². The van der Waals surface area contributed by atoms with Gasteiger partial charge in [-0.2, -0.15) is 4.31 Å². The summed E-state index contributed by atoms with van der Waals surface area (Å²) in [5.74, 6) is 0.758. The fourth-order valence-electron chi connectivity index (χ4n) is 3.02.